The summed E-state index contributed by atoms with van der Waals surface area (Å²) in [5, 5.41) is 13.4. The fourth-order valence-corrected chi connectivity index (χ4v) is 2.75. The van der Waals surface area contributed by atoms with Crippen molar-refractivity contribution in [3.8, 4) is 0 Å². The van der Waals surface area contributed by atoms with Crippen LogP contribution in [-0.2, 0) is 6.54 Å². The van der Waals surface area contributed by atoms with E-state index < -0.39 is 11.7 Å². The van der Waals surface area contributed by atoms with Crippen LogP contribution in [0.15, 0.2) is 34.5 Å². The fraction of sp³-hybridized carbons (Fsp3) is 0.167. The molecule has 106 valence electrons. The van der Waals surface area contributed by atoms with Crippen molar-refractivity contribution in [2.75, 3.05) is 5.32 Å². The Hall–Kier alpha value is -1.67. The van der Waals surface area contributed by atoms with Crippen molar-refractivity contribution in [2.24, 2.45) is 0 Å². The number of anilines is 1. The number of carboxylic acid groups (broad SMARTS) is 1. The largest absolute Gasteiger partial charge is 0.476 e. The van der Waals surface area contributed by atoms with Crippen LogP contribution in [0.25, 0.3) is 0 Å². The molecule has 0 aliphatic carbocycles. The number of benzene rings is 1. The Morgan fingerprint density at radius 1 is 1.45 bits per heavy atom. The molecule has 0 aliphatic rings. The first-order valence-corrected chi connectivity index (χ1v) is 7.27. The van der Waals surface area contributed by atoms with Crippen molar-refractivity contribution < 1.29 is 18.7 Å². The Kier molecular flexibility index (Phi) is 4.91. The van der Waals surface area contributed by atoms with Gasteiger partial charge in [0.05, 0.1) is 12.2 Å². The summed E-state index contributed by atoms with van der Waals surface area (Å²) in [6, 6.07) is 6.71. The van der Waals surface area contributed by atoms with Gasteiger partial charge in [-0.15, -0.1) is 11.3 Å². The van der Waals surface area contributed by atoms with E-state index in [9.17, 15) is 13.6 Å². The minimum absolute atomic E-state index is 0.0111. The van der Waals surface area contributed by atoms with E-state index in [1.165, 1.54) is 0 Å². The molecule has 0 radical (unpaired) electrons. The summed E-state index contributed by atoms with van der Waals surface area (Å²) < 4.78 is 24.8. The zero-order valence-electron chi connectivity index (χ0n) is 10.0. The van der Waals surface area contributed by atoms with Gasteiger partial charge in [0.25, 0.3) is 5.76 Å². The molecule has 0 unspecified atom stereocenters. The van der Waals surface area contributed by atoms with Gasteiger partial charge in [-0.2, -0.15) is 8.78 Å². The van der Waals surface area contributed by atoms with Gasteiger partial charge >= 0.3 is 5.97 Å². The van der Waals surface area contributed by atoms with Crippen molar-refractivity contribution >= 4 is 34.8 Å². The van der Waals surface area contributed by atoms with Gasteiger partial charge in [0.1, 0.15) is 0 Å². The molecule has 0 fully saturated rings. The molecular weight excluding hydrogens is 306 g/mol. The summed E-state index contributed by atoms with van der Waals surface area (Å²) in [6.45, 7) is 0.282. The van der Waals surface area contributed by atoms with Crippen LogP contribution in [0.2, 0.25) is 0 Å². The Morgan fingerprint density at radius 2 is 2.20 bits per heavy atom. The average molecular weight is 316 g/mol. The zero-order chi connectivity index (χ0) is 14.5. The number of aromatic nitrogens is 1. The highest BCUT2D eigenvalue weighted by Crippen LogP contribution is 2.31. The highest BCUT2D eigenvalue weighted by atomic mass is 32.2. The highest BCUT2D eigenvalue weighted by Gasteiger charge is 2.11. The molecule has 1 aromatic carbocycles. The maximum atomic E-state index is 12.4. The van der Waals surface area contributed by atoms with Crippen molar-refractivity contribution in [1.82, 2.24) is 4.98 Å². The molecule has 2 rings (SSSR count). The van der Waals surface area contributed by atoms with Gasteiger partial charge in [-0.1, -0.05) is 23.9 Å². The van der Waals surface area contributed by atoms with Crippen LogP contribution in [0, 0.1) is 0 Å². The van der Waals surface area contributed by atoms with Gasteiger partial charge < -0.3 is 10.4 Å². The second-order valence-electron chi connectivity index (χ2n) is 3.68. The summed E-state index contributed by atoms with van der Waals surface area (Å²) in [5.74, 6) is -3.56. The highest BCUT2D eigenvalue weighted by molar-refractivity contribution is 7.99. The van der Waals surface area contributed by atoms with Crippen molar-refractivity contribution in [3.63, 3.8) is 0 Å². The monoisotopic (exact) mass is 316 g/mol. The van der Waals surface area contributed by atoms with E-state index in [1.807, 2.05) is 0 Å². The third kappa shape index (κ3) is 3.91. The minimum Gasteiger partial charge on any atom is -0.476 e. The van der Waals surface area contributed by atoms with Crippen LogP contribution in [0.5, 0.6) is 0 Å². The number of thioether (sulfide) groups is 1. The average Bonchev–Trinajstić information content (AvgIpc) is 2.86. The molecule has 0 spiro atoms. The molecule has 1 heterocycles. The Balaban J connectivity index is 2.04. The SMILES string of the molecule is O=C(O)c1nc(CNc2ccccc2SC(F)F)cs1. The molecule has 0 saturated heterocycles. The van der Waals surface area contributed by atoms with Crippen LogP contribution < -0.4 is 5.32 Å². The third-order valence-electron chi connectivity index (χ3n) is 2.30. The summed E-state index contributed by atoms with van der Waals surface area (Å²) in [4.78, 5) is 15.1. The number of carboxylic acids is 1. The van der Waals surface area contributed by atoms with Crippen LogP contribution in [0.1, 0.15) is 15.5 Å². The number of nitrogens with one attached hydrogen (secondary N) is 1. The minimum atomic E-state index is -2.49. The van der Waals surface area contributed by atoms with Gasteiger partial charge in [0.2, 0.25) is 5.01 Å². The molecule has 1 aromatic heterocycles. The molecule has 0 atom stereocenters. The lowest BCUT2D eigenvalue weighted by Crippen LogP contribution is -2.02. The Bertz CT molecular complexity index is 605. The molecule has 2 N–H and O–H groups in total. The molecule has 0 bridgehead atoms. The van der Waals surface area contributed by atoms with E-state index >= 15 is 0 Å². The summed E-state index contributed by atoms with van der Waals surface area (Å²) in [5.41, 5.74) is 1.13. The maximum absolute atomic E-state index is 12.4. The molecule has 0 amide bonds. The molecule has 0 aliphatic heterocycles. The normalized spacial score (nSPS) is 10.8. The Labute approximate surface area is 121 Å². The lowest BCUT2D eigenvalue weighted by atomic mass is 10.3. The molecule has 8 heteroatoms. The van der Waals surface area contributed by atoms with E-state index in [1.54, 1.807) is 29.6 Å². The van der Waals surface area contributed by atoms with Gasteiger partial charge in [0, 0.05) is 16.0 Å². The quantitative estimate of drug-likeness (QED) is 0.794. The van der Waals surface area contributed by atoms with Crippen LogP contribution in [0.4, 0.5) is 14.5 Å². The van der Waals surface area contributed by atoms with Gasteiger partial charge in [0.15, 0.2) is 0 Å². The van der Waals surface area contributed by atoms with Gasteiger partial charge in [-0.05, 0) is 12.1 Å². The number of nitrogens with zero attached hydrogens (tertiary/aromatic N) is 1. The summed E-state index contributed by atoms with van der Waals surface area (Å²) in [6.07, 6.45) is 0. The topological polar surface area (TPSA) is 62.2 Å². The standard InChI is InChI=1S/C12H10F2N2O2S2/c13-12(14)20-9-4-2-1-3-8(9)15-5-7-6-19-10(16-7)11(17)18/h1-4,6,12,15H,5H2,(H,17,18). The number of halogens is 2. The van der Waals surface area contributed by atoms with Crippen LogP contribution in [-0.4, -0.2) is 21.8 Å². The lowest BCUT2D eigenvalue weighted by Gasteiger charge is -2.10. The molecule has 20 heavy (non-hydrogen) atoms. The van der Waals surface area contributed by atoms with Crippen molar-refractivity contribution in [2.45, 2.75) is 17.2 Å². The first-order valence-electron chi connectivity index (χ1n) is 5.51. The number of hydrogen-bond acceptors (Lipinski definition) is 5. The second-order valence-corrected chi connectivity index (χ2v) is 5.57. The molecular formula is C12H10F2N2O2S2. The van der Waals surface area contributed by atoms with E-state index in [-0.39, 0.29) is 11.6 Å². The first kappa shape index (κ1) is 14.7. The lowest BCUT2D eigenvalue weighted by molar-refractivity contribution is 0.0696. The first-order chi connectivity index (χ1) is 9.56. The second kappa shape index (κ2) is 6.67. The van der Waals surface area contributed by atoms with Crippen molar-refractivity contribution in [1.29, 1.82) is 0 Å². The summed E-state index contributed by atoms with van der Waals surface area (Å²) >= 11 is 1.49. The van der Waals surface area contributed by atoms with Crippen molar-refractivity contribution in [3.05, 3.63) is 40.3 Å². The smallest absolute Gasteiger partial charge is 0.365 e. The number of alkyl halides is 2. The predicted molar refractivity (Wildman–Crippen MR) is 74.7 cm³/mol. The molecule has 0 saturated carbocycles. The number of aromatic carboxylic acids is 1. The number of carbonyl (C=O) groups is 1. The van der Waals surface area contributed by atoms with Gasteiger partial charge in [-0.25, -0.2) is 9.78 Å². The number of thiazole rings is 1. The zero-order valence-corrected chi connectivity index (χ0v) is 11.7. The predicted octanol–water partition coefficient (Wildman–Crippen LogP) is 3.77. The number of hydrogen-bond donors (Lipinski definition) is 2. The molecule has 4 nitrogen and oxygen atoms in total. The van der Waals surface area contributed by atoms with Gasteiger partial charge in [-0.3, -0.25) is 0 Å². The summed E-state index contributed by atoms with van der Waals surface area (Å²) in [7, 11) is 0. The van der Waals surface area contributed by atoms with E-state index in [4.69, 9.17) is 5.11 Å². The molecule has 2 aromatic rings. The van der Waals surface area contributed by atoms with E-state index in [2.05, 4.69) is 10.3 Å². The van der Waals surface area contributed by atoms with E-state index in [0.717, 1.165) is 11.3 Å². The van der Waals surface area contributed by atoms with Crippen LogP contribution in [0.3, 0.4) is 0 Å². The fourth-order valence-electron chi connectivity index (χ4n) is 1.48. The number of rotatable bonds is 6. The van der Waals surface area contributed by atoms with Crippen LogP contribution >= 0.6 is 23.1 Å². The third-order valence-corrected chi connectivity index (χ3v) is 3.96. The maximum Gasteiger partial charge on any atom is 0.365 e. The Morgan fingerprint density at radius 3 is 2.85 bits per heavy atom. The number of para-hydroxylation sites is 1. The van der Waals surface area contributed by atoms with E-state index in [0.29, 0.717) is 28.0 Å².